The number of hydrogen-bond acceptors (Lipinski definition) is 8. The summed E-state index contributed by atoms with van der Waals surface area (Å²) in [5.41, 5.74) is 2.33. The molecule has 1 fully saturated rings. The molecule has 1 atom stereocenters. The van der Waals surface area contributed by atoms with Crippen LogP contribution in [0.15, 0.2) is 29.6 Å². The van der Waals surface area contributed by atoms with E-state index >= 15 is 0 Å². The number of carbonyl (C=O) groups is 2. The number of benzene rings is 1. The van der Waals surface area contributed by atoms with Gasteiger partial charge in [0, 0.05) is 22.6 Å². The third kappa shape index (κ3) is 4.47. The topological polar surface area (TPSA) is 80.0 Å². The van der Waals surface area contributed by atoms with Crippen LogP contribution in [0.4, 0.5) is 0 Å². The normalized spacial score (nSPS) is 15.4. The van der Waals surface area contributed by atoms with Crippen LogP contribution in [0.2, 0.25) is 0 Å². The van der Waals surface area contributed by atoms with Crippen molar-refractivity contribution in [2.75, 3.05) is 18.1 Å². The zero-order chi connectivity index (χ0) is 18.5. The van der Waals surface area contributed by atoms with E-state index in [1.807, 2.05) is 41.7 Å². The molecule has 5 nitrogen and oxygen atoms in total. The molecule has 2 aromatic rings. The number of hydrogen-bond donors (Lipinski definition) is 0. The predicted molar refractivity (Wildman–Crippen MR) is 105 cm³/mol. The van der Waals surface area contributed by atoms with Gasteiger partial charge in [0.15, 0.2) is 18.3 Å². The van der Waals surface area contributed by atoms with E-state index in [4.69, 9.17) is 4.74 Å². The van der Waals surface area contributed by atoms with Gasteiger partial charge in [0.2, 0.25) is 0 Å². The predicted octanol–water partition coefficient (Wildman–Crippen LogP) is 3.96. The molecule has 0 radical (unpaired) electrons. The summed E-state index contributed by atoms with van der Waals surface area (Å²) in [6.45, 7) is 1.36. The van der Waals surface area contributed by atoms with Gasteiger partial charge in [-0.05, 0) is 24.6 Å². The molecule has 0 aliphatic carbocycles. The third-order valence-electron chi connectivity index (χ3n) is 3.72. The van der Waals surface area contributed by atoms with Crippen LogP contribution in [0.5, 0.6) is 0 Å². The number of ketones is 1. The maximum atomic E-state index is 12.2. The van der Waals surface area contributed by atoms with Crippen molar-refractivity contribution in [2.24, 2.45) is 0 Å². The SMILES string of the molecule is Cc1csc([C@H](C#N)C(=O)COC(=O)c2ccc(C3SCCS3)cc2)n1. The van der Waals surface area contributed by atoms with Crippen LogP contribution in [0, 0.1) is 18.3 Å². The summed E-state index contributed by atoms with van der Waals surface area (Å²) in [7, 11) is 0. The van der Waals surface area contributed by atoms with Gasteiger partial charge in [-0.3, -0.25) is 4.79 Å². The standard InChI is InChI=1S/C18H16N2O3S3/c1-11-10-26-16(20-11)14(8-19)15(21)9-23-17(22)12-2-4-13(5-3-12)18-24-6-7-25-18/h2-5,10,14,18H,6-7,9H2,1H3/t14-/m1/s1. The van der Waals surface area contributed by atoms with E-state index in [0.29, 0.717) is 15.2 Å². The summed E-state index contributed by atoms with van der Waals surface area (Å²) in [5.74, 6) is 0.245. The van der Waals surface area contributed by atoms with Crippen molar-refractivity contribution in [3.05, 3.63) is 51.5 Å². The lowest BCUT2D eigenvalue weighted by molar-refractivity contribution is -0.122. The summed E-state index contributed by atoms with van der Waals surface area (Å²) in [6.07, 6.45) is 0. The molecule has 1 aliphatic heterocycles. The van der Waals surface area contributed by atoms with Crippen molar-refractivity contribution >= 4 is 46.6 Å². The Kier molecular flexibility index (Phi) is 6.35. The number of rotatable bonds is 6. The van der Waals surface area contributed by atoms with E-state index in [1.54, 1.807) is 24.4 Å². The molecular formula is C18H16N2O3S3. The van der Waals surface area contributed by atoms with E-state index < -0.39 is 24.3 Å². The molecule has 1 saturated heterocycles. The molecule has 26 heavy (non-hydrogen) atoms. The van der Waals surface area contributed by atoms with Crippen LogP contribution in [-0.2, 0) is 9.53 Å². The molecule has 0 spiro atoms. The lowest BCUT2D eigenvalue weighted by Gasteiger charge is -2.10. The molecule has 1 aromatic heterocycles. The summed E-state index contributed by atoms with van der Waals surface area (Å²) in [6, 6.07) is 9.21. The number of nitriles is 1. The summed E-state index contributed by atoms with van der Waals surface area (Å²) in [5, 5.41) is 11.4. The number of Topliss-reactive ketones (excluding diaryl/α,β-unsaturated/α-hetero) is 1. The minimum Gasteiger partial charge on any atom is -0.454 e. The van der Waals surface area contributed by atoms with Gasteiger partial charge in [-0.1, -0.05) is 12.1 Å². The van der Waals surface area contributed by atoms with Gasteiger partial charge in [0.25, 0.3) is 0 Å². The number of thiazole rings is 1. The lowest BCUT2D eigenvalue weighted by Crippen LogP contribution is -2.20. The highest BCUT2D eigenvalue weighted by Gasteiger charge is 2.25. The monoisotopic (exact) mass is 404 g/mol. The summed E-state index contributed by atoms with van der Waals surface area (Å²) in [4.78, 5) is 28.5. The Hall–Kier alpha value is -1.82. The highest BCUT2D eigenvalue weighted by Crippen LogP contribution is 2.45. The highest BCUT2D eigenvalue weighted by molar-refractivity contribution is 8.19. The first-order valence-corrected chi connectivity index (χ1v) is 10.9. The second-order valence-electron chi connectivity index (χ2n) is 5.63. The Labute approximate surface area is 164 Å². The molecule has 0 amide bonds. The van der Waals surface area contributed by atoms with Crippen molar-refractivity contribution < 1.29 is 14.3 Å². The van der Waals surface area contributed by atoms with Gasteiger partial charge >= 0.3 is 5.97 Å². The number of carbonyl (C=O) groups excluding carboxylic acids is 2. The smallest absolute Gasteiger partial charge is 0.338 e. The van der Waals surface area contributed by atoms with Crippen LogP contribution in [-0.4, -0.2) is 34.8 Å². The minimum absolute atomic E-state index is 0.396. The van der Waals surface area contributed by atoms with E-state index in [-0.39, 0.29) is 0 Å². The Morgan fingerprint density at radius 2 is 2.00 bits per heavy atom. The van der Waals surface area contributed by atoms with Crippen LogP contribution < -0.4 is 0 Å². The third-order valence-corrected chi connectivity index (χ3v) is 7.85. The molecule has 1 aliphatic rings. The van der Waals surface area contributed by atoms with Crippen LogP contribution in [0.3, 0.4) is 0 Å². The first kappa shape index (κ1) is 19.0. The molecule has 0 unspecified atom stereocenters. The minimum atomic E-state index is -1.000. The molecule has 3 rings (SSSR count). The van der Waals surface area contributed by atoms with Crippen molar-refractivity contribution in [1.29, 1.82) is 5.26 Å². The molecule has 0 bridgehead atoms. The molecule has 8 heteroatoms. The molecule has 0 N–H and O–H groups in total. The largest absolute Gasteiger partial charge is 0.454 e. The van der Waals surface area contributed by atoms with Gasteiger partial charge in [-0.15, -0.1) is 34.9 Å². The number of aromatic nitrogens is 1. The quantitative estimate of drug-likeness (QED) is 0.674. The van der Waals surface area contributed by atoms with Gasteiger partial charge in [0.1, 0.15) is 5.01 Å². The van der Waals surface area contributed by atoms with Crippen LogP contribution in [0.25, 0.3) is 0 Å². The molecule has 134 valence electrons. The lowest BCUT2D eigenvalue weighted by atomic mass is 10.1. The van der Waals surface area contributed by atoms with Gasteiger partial charge < -0.3 is 4.74 Å². The summed E-state index contributed by atoms with van der Waals surface area (Å²) < 4.78 is 5.51. The maximum Gasteiger partial charge on any atom is 0.338 e. The fourth-order valence-corrected chi connectivity index (χ4v) is 6.12. The van der Waals surface area contributed by atoms with Crippen LogP contribution >= 0.6 is 34.9 Å². The van der Waals surface area contributed by atoms with Crippen LogP contribution in [0.1, 0.15) is 37.1 Å². The van der Waals surface area contributed by atoms with Crippen molar-refractivity contribution in [3.8, 4) is 6.07 Å². The number of ether oxygens (including phenoxy) is 1. The van der Waals surface area contributed by atoms with E-state index in [9.17, 15) is 14.9 Å². The van der Waals surface area contributed by atoms with Gasteiger partial charge in [0.05, 0.1) is 16.2 Å². The average molecular weight is 405 g/mol. The molecule has 1 aromatic carbocycles. The molecule has 2 heterocycles. The number of aryl methyl sites for hydroxylation is 1. The molecular weight excluding hydrogens is 388 g/mol. The number of thioether (sulfide) groups is 2. The zero-order valence-corrected chi connectivity index (χ0v) is 16.5. The van der Waals surface area contributed by atoms with E-state index in [2.05, 4.69) is 4.98 Å². The number of nitrogens with zero attached hydrogens (tertiary/aromatic N) is 2. The van der Waals surface area contributed by atoms with E-state index in [0.717, 1.165) is 17.2 Å². The Balaban J connectivity index is 1.57. The first-order valence-electron chi connectivity index (χ1n) is 7.93. The Morgan fingerprint density at radius 1 is 1.31 bits per heavy atom. The Morgan fingerprint density at radius 3 is 2.58 bits per heavy atom. The number of esters is 1. The van der Waals surface area contributed by atoms with Crippen molar-refractivity contribution in [3.63, 3.8) is 0 Å². The molecule has 0 saturated carbocycles. The fourth-order valence-electron chi connectivity index (χ4n) is 2.40. The van der Waals surface area contributed by atoms with E-state index in [1.165, 1.54) is 16.9 Å². The van der Waals surface area contributed by atoms with Crippen molar-refractivity contribution in [2.45, 2.75) is 17.4 Å². The first-order chi connectivity index (χ1) is 12.6. The van der Waals surface area contributed by atoms with Crippen molar-refractivity contribution in [1.82, 2.24) is 4.98 Å². The highest BCUT2D eigenvalue weighted by atomic mass is 32.2. The summed E-state index contributed by atoms with van der Waals surface area (Å²) >= 11 is 5.05. The second-order valence-corrected chi connectivity index (χ2v) is 9.24. The fraction of sp³-hybridized carbons (Fsp3) is 0.333. The van der Waals surface area contributed by atoms with Gasteiger partial charge in [-0.2, -0.15) is 5.26 Å². The average Bonchev–Trinajstić information content (AvgIpc) is 3.32. The second kappa shape index (κ2) is 8.71. The Bertz CT molecular complexity index is 836. The zero-order valence-electron chi connectivity index (χ0n) is 14.0. The van der Waals surface area contributed by atoms with Gasteiger partial charge in [-0.25, -0.2) is 9.78 Å². The maximum absolute atomic E-state index is 12.2.